The highest BCUT2D eigenvalue weighted by molar-refractivity contribution is 7.72. The van der Waals surface area contributed by atoms with E-state index in [1.807, 2.05) is 0 Å². The fourth-order valence-corrected chi connectivity index (χ4v) is 3.30. The predicted octanol–water partition coefficient (Wildman–Crippen LogP) is -0.387. The molecule has 118 valence electrons. The van der Waals surface area contributed by atoms with Crippen LogP contribution in [0.25, 0.3) is 0 Å². The monoisotopic (exact) mass is 315 g/mol. The van der Waals surface area contributed by atoms with Gasteiger partial charge in [0, 0.05) is 6.20 Å². The van der Waals surface area contributed by atoms with Gasteiger partial charge >= 0.3 is 0 Å². The molecule has 1 saturated heterocycles. The van der Waals surface area contributed by atoms with Crippen LogP contribution in [0, 0.1) is 0 Å². The lowest BCUT2D eigenvalue weighted by atomic mass is 10.0. The van der Waals surface area contributed by atoms with Gasteiger partial charge in [0.15, 0.2) is 5.95 Å². The molecular formula is C13H22N3O4P. The molecule has 0 bridgehead atoms. The number of H-pyrrole nitrogens is 1. The smallest absolute Gasteiger partial charge is 0.258 e. The van der Waals surface area contributed by atoms with Crippen LogP contribution >= 0.6 is 6.89 Å². The van der Waals surface area contributed by atoms with E-state index < -0.39 is 36.9 Å². The van der Waals surface area contributed by atoms with Gasteiger partial charge in [0.1, 0.15) is 18.3 Å². The second-order valence-electron chi connectivity index (χ2n) is 6.08. The van der Waals surface area contributed by atoms with Crippen LogP contribution in [0.2, 0.25) is 0 Å². The molecule has 7 nitrogen and oxygen atoms in total. The van der Waals surface area contributed by atoms with Crippen molar-refractivity contribution in [1.82, 2.24) is 9.97 Å². The number of nitrogens with one attached hydrogen (secondary N) is 1. The third-order valence-electron chi connectivity index (χ3n) is 3.53. The molecule has 0 spiro atoms. The molecule has 1 aliphatic rings. The van der Waals surface area contributed by atoms with Crippen LogP contribution in [0.5, 0.6) is 0 Å². The van der Waals surface area contributed by atoms with Crippen LogP contribution in [0.1, 0.15) is 18.1 Å². The maximum Gasteiger partial charge on any atom is 0.258 e. The summed E-state index contributed by atoms with van der Waals surface area (Å²) in [6.07, 6.45) is 3.22. The van der Waals surface area contributed by atoms with Crippen molar-refractivity contribution in [2.24, 2.45) is 0 Å². The lowest BCUT2D eigenvalue weighted by molar-refractivity contribution is 0.00519. The number of ether oxygens (including phenoxy) is 1. The second-order valence-corrected chi connectivity index (χ2v) is 10.4. The average molecular weight is 315 g/mol. The van der Waals surface area contributed by atoms with Gasteiger partial charge < -0.3 is 20.7 Å². The van der Waals surface area contributed by atoms with Crippen molar-refractivity contribution in [2.75, 3.05) is 25.2 Å². The van der Waals surface area contributed by atoms with Gasteiger partial charge in [-0.15, -0.1) is 13.2 Å². The number of hydrogen-bond donors (Lipinski definition) is 4. The summed E-state index contributed by atoms with van der Waals surface area (Å²) in [5.41, 5.74) is 5.09. The Morgan fingerprint density at radius 2 is 2.14 bits per heavy atom. The molecule has 8 heteroatoms. The van der Waals surface area contributed by atoms with E-state index in [4.69, 9.17) is 10.5 Å². The number of nitrogen functional groups attached to an aromatic ring is 1. The van der Waals surface area contributed by atoms with Crippen molar-refractivity contribution in [2.45, 2.75) is 30.8 Å². The summed E-state index contributed by atoms with van der Waals surface area (Å²) >= 11 is 0. The molecule has 1 aromatic rings. The number of rotatable bonds is 4. The summed E-state index contributed by atoms with van der Waals surface area (Å²) in [7, 11) is 0. The van der Waals surface area contributed by atoms with Gasteiger partial charge in [-0.25, -0.2) is 4.98 Å². The second kappa shape index (κ2) is 5.93. The largest absolute Gasteiger partial charge is 0.388 e. The van der Waals surface area contributed by atoms with E-state index in [2.05, 4.69) is 29.6 Å². The van der Waals surface area contributed by atoms with Gasteiger partial charge in [-0.1, -0.05) is 0 Å². The minimum absolute atomic E-state index is 0.00283. The minimum Gasteiger partial charge on any atom is -0.388 e. The lowest BCUT2D eigenvalue weighted by Crippen LogP contribution is -2.32. The van der Waals surface area contributed by atoms with E-state index in [1.54, 1.807) is 0 Å². The van der Waals surface area contributed by atoms with E-state index in [0.717, 1.165) is 6.16 Å². The number of hydrogen-bond acceptors (Lipinski definition) is 6. The molecule has 1 unspecified atom stereocenters. The van der Waals surface area contributed by atoms with E-state index in [1.165, 1.54) is 6.20 Å². The van der Waals surface area contributed by atoms with Crippen LogP contribution in [-0.2, 0) is 4.74 Å². The van der Waals surface area contributed by atoms with Gasteiger partial charge in [0.25, 0.3) is 5.56 Å². The summed E-state index contributed by atoms with van der Waals surface area (Å²) in [5, 5.41) is 20.2. The highest BCUT2D eigenvalue weighted by Crippen LogP contribution is 2.40. The molecule has 0 amide bonds. The molecule has 1 aliphatic heterocycles. The lowest BCUT2D eigenvalue weighted by Gasteiger charge is -2.18. The first-order valence-corrected chi connectivity index (χ1v) is 9.78. The van der Waals surface area contributed by atoms with Gasteiger partial charge in [-0.2, -0.15) is 0 Å². The summed E-state index contributed by atoms with van der Waals surface area (Å²) < 4.78 is 5.68. The minimum atomic E-state index is -1.24. The van der Waals surface area contributed by atoms with Gasteiger partial charge in [-0.05, 0) is 25.9 Å². The van der Waals surface area contributed by atoms with Crippen molar-refractivity contribution < 1.29 is 14.9 Å². The maximum atomic E-state index is 11.9. The molecule has 0 saturated carbocycles. The normalized spacial score (nSPS) is 29.7. The molecule has 5 N–H and O–H groups in total. The number of aromatic nitrogens is 2. The zero-order chi connectivity index (χ0) is 15.8. The third kappa shape index (κ3) is 3.74. The first kappa shape index (κ1) is 16.2. The van der Waals surface area contributed by atoms with E-state index in [0.29, 0.717) is 6.42 Å². The number of aliphatic hydroxyl groups is 2. The number of aliphatic hydroxyl groups excluding tert-OH is 2. The molecule has 0 radical (unpaired) electrons. The number of nitrogens with zero attached hydrogens (tertiary/aromatic N) is 1. The average Bonchev–Trinajstić information content (AvgIpc) is 2.64. The van der Waals surface area contributed by atoms with E-state index >= 15 is 0 Å². The Balaban J connectivity index is 2.16. The first-order valence-electron chi connectivity index (χ1n) is 6.72. The highest BCUT2D eigenvalue weighted by Gasteiger charge is 2.44. The summed E-state index contributed by atoms with van der Waals surface area (Å²) in [6.45, 7) is 2.95. The van der Waals surface area contributed by atoms with Crippen molar-refractivity contribution >= 4 is 19.1 Å². The van der Waals surface area contributed by atoms with Gasteiger partial charge in [0.05, 0.1) is 11.7 Å². The predicted molar refractivity (Wildman–Crippen MR) is 84.3 cm³/mol. The Labute approximate surface area is 123 Å². The van der Waals surface area contributed by atoms with Crippen LogP contribution < -0.4 is 11.3 Å². The molecular weight excluding hydrogens is 293 g/mol. The Bertz CT molecular complexity index is 612. The molecule has 0 aliphatic carbocycles. The van der Waals surface area contributed by atoms with Crippen molar-refractivity contribution in [3.05, 3.63) is 22.1 Å². The number of nitrogens with two attached hydrogens (primary N) is 1. The third-order valence-corrected chi connectivity index (χ3v) is 5.00. The van der Waals surface area contributed by atoms with Crippen molar-refractivity contribution in [3.8, 4) is 0 Å². The van der Waals surface area contributed by atoms with Gasteiger partial charge in [0.2, 0.25) is 0 Å². The molecule has 0 aromatic carbocycles. The Hall–Kier alpha value is -1.14. The van der Waals surface area contributed by atoms with Gasteiger partial charge in [-0.3, -0.25) is 9.78 Å². The summed E-state index contributed by atoms with van der Waals surface area (Å²) in [4.78, 5) is 18.0. The SMILES string of the molecule is C=P(C)(C)CC[C@H]1OC(c2cnc(N)[nH]c2=O)[C@H](O)[C@@H]1O. The van der Waals surface area contributed by atoms with Crippen LogP contribution in [0.15, 0.2) is 11.0 Å². The summed E-state index contributed by atoms with van der Waals surface area (Å²) in [5.74, 6) is -0.00283. The molecule has 1 aromatic heterocycles. The van der Waals surface area contributed by atoms with Crippen LogP contribution in [-0.4, -0.2) is 64.3 Å². The fourth-order valence-electron chi connectivity index (χ4n) is 2.34. The molecule has 1 fully saturated rings. The van der Waals surface area contributed by atoms with Crippen molar-refractivity contribution in [3.63, 3.8) is 0 Å². The zero-order valence-corrected chi connectivity index (χ0v) is 13.1. The zero-order valence-electron chi connectivity index (χ0n) is 12.2. The van der Waals surface area contributed by atoms with E-state index in [9.17, 15) is 15.0 Å². The number of anilines is 1. The quantitative estimate of drug-likeness (QED) is 0.562. The van der Waals surface area contributed by atoms with Crippen LogP contribution in [0.3, 0.4) is 0 Å². The van der Waals surface area contributed by atoms with E-state index in [-0.39, 0.29) is 11.5 Å². The molecule has 21 heavy (non-hydrogen) atoms. The molecule has 4 atom stereocenters. The Kier molecular flexibility index (Phi) is 4.58. The first-order chi connectivity index (χ1) is 9.69. The molecule has 2 rings (SSSR count). The summed E-state index contributed by atoms with van der Waals surface area (Å²) in [6, 6.07) is 0. The standard InChI is InChI=1S/C13H22N3O4P/c1-21(2,3)5-4-8-9(17)10(18)11(20-8)7-6-15-13(14)16-12(7)19/h6,8-11,17-18H,1,4-5H2,2-3H3,(H3,14,15,16,19)/t8-,9-,10-,11?/m1/s1. The maximum absolute atomic E-state index is 11.9. The number of aromatic amines is 1. The topological polar surface area (TPSA) is 121 Å². The van der Waals surface area contributed by atoms with Crippen molar-refractivity contribution in [1.29, 1.82) is 0 Å². The highest BCUT2D eigenvalue weighted by atomic mass is 31.2. The Morgan fingerprint density at radius 3 is 2.71 bits per heavy atom. The Morgan fingerprint density at radius 1 is 1.48 bits per heavy atom. The molecule has 2 heterocycles. The van der Waals surface area contributed by atoms with Crippen LogP contribution in [0.4, 0.5) is 5.95 Å². The fraction of sp³-hybridized carbons (Fsp3) is 0.615.